The zero-order chi connectivity index (χ0) is 21.9. The second-order valence-electron chi connectivity index (χ2n) is 7.94. The number of aromatic nitrogens is 3. The highest BCUT2D eigenvalue weighted by Gasteiger charge is 2.28. The van der Waals surface area contributed by atoms with Gasteiger partial charge in [-0.2, -0.15) is 0 Å². The van der Waals surface area contributed by atoms with Crippen LogP contribution < -0.4 is 10.2 Å². The first-order valence-corrected chi connectivity index (χ1v) is 11.9. The van der Waals surface area contributed by atoms with Crippen LogP contribution in [-0.2, 0) is 4.79 Å². The number of rotatable bonds is 5. The second-order valence-corrected chi connectivity index (χ2v) is 8.80. The molecule has 1 aliphatic heterocycles. The van der Waals surface area contributed by atoms with Gasteiger partial charge in [0.15, 0.2) is 5.82 Å². The van der Waals surface area contributed by atoms with Gasteiger partial charge in [0.25, 0.3) is 0 Å². The molecular weight excluding hydrogens is 418 g/mol. The number of hydrogen-bond donors (Lipinski definition) is 1. The highest BCUT2D eigenvalue weighted by atomic mass is 32.1. The molecule has 7 heteroatoms. The summed E-state index contributed by atoms with van der Waals surface area (Å²) in [7, 11) is 0. The minimum Gasteiger partial charge on any atom is -0.356 e. The van der Waals surface area contributed by atoms with E-state index >= 15 is 0 Å². The number of anilines is 1. The number of piperidine rings is 1. The summed E-state index contributed by atoms with van der Waals surface area (Å²) in [6.07, 6.45) is 3.41. The molecule has 1 saturated heterocycles. The number of carbonyl (C=O) groups excluding carboxylic acids is 1. The average Bonchev–Trinajstić information content (AvgIpc) is 3.29. The fourth-order valence-electron chi connectivity index (χ4n) is 4.26. The number of pyridine rings is 1. The number of benzene rings is 1. The summed E-state index contributed by atoms with van der Waals surface area (Å²) in [5.74, 6) is 1.80. The van der Waals surface area contributed by atoms with E-state index in [0.717, 1.165) is 58.8 Å². The second kappa shape index (κ2) is 9.04. The maximum absolute atomic E-state index is 12.3. The third-order valence-electron chi connectivity index (χ3n) is 5.91. The Morgan fingerprint density at radius 1 is 1.09 bits per heavy atom. The Balaban J connectivity index is 1.58. The van der Waals surface area contributed by atoms with Gasteiger partial charge in [-0.05, 0) is 37.5 Å². The summed E-state index contributed by atoms with van der Waals surface area (Å²) >= 11 is 1.64. The number of nitrogens with zero attached hydrogens (tertiary/aromatic N) is 4. The van der Waals surface area contributed by atoms with Crippen molar-refractivity contribution in [2.45, 2.75) is 19.8 Å². The number of nitrogens with one attached hydrogen (secondary N) is 1. The Bertz CT molecular complexity index is 1220. The zero-order valence-electron chi connectivity index (χ0n) is 18.0. The Morgan fingerprint density at radius 2 is 1.88 bits per heavy atom. The predicted molar refractivity (Wildman–Crippen MR) is 130 cm³/mol. The van der Waals surface area contributed by atoms with Crippen LogP contribution >= 0.6 is 11.3 Å². The minimum absolute atomic E-state index is 0.0647. The molecular formula is C25H25N5OS. The average molecular weight is 444 g/mol. The lowest BCUT2D eigenvalue weighted by atomic mass is 9.95. The standard InChI is InChI=1S/C25H25N5OS/c1-2-26-24(31)18-11-14-30(15-12-18)23-21-19(17-8-4-3-5-9-17)16-32-25(21)29-22(28-23)20-10-6-7-13-27-20/h3-10,13,16,18H,2,11-12,14-15H2,1H3,(H,26,31). The van der Waals surface area contributed by atoms with Crippen LogP contribution in [0.2, 0.25) is 0 Å². The van der Waals surface area contributed by atoms with Crippen molar-refractivity contribution in [1.29, 1.82) is 0 Å². The topological polar surface area (TPSA) is 71.0 Å². The van der Waals surface area contributed by atoms with E-state index in [-0.39, 0.29) is 11.8 Å². The fourth-order valence-corrected chi connectivity index (χ4v) is 5.21. The lowest BCUT2D eigenvalue weighted by Gasteiger charge is -2.32. The van der Waals surface area contributed by atoms with Crippen LogP contribution in [0.15, 0.2) is 60.1 Å². The molecule has 4 aromatic rings. The van der Waals surface area contributed by atoms with Gasteiger partial charge in [0.1, 0.15) is 16.3 Å². The largest absolute Gasteiger partial charge is 0.356 e. The van der Waals surface area contributed by atoms with Crippen molar-refractivity contribution < 1.29 is 4.79 Å². The maximum Gasteiger partial charge on any atom is 0.223 e. The van der Waals surface area contributed by atoms with Gasteiger partial charge in [-0.25, -0.2) is 9.97 Å². The monoisotopic (exact) mass is 443 g/mol. The number of thiophene rings is 1. The third-order valence-corrected chi connectivity index (χ3v) is 6.78. The summed E-state index contributed by atoms with van der Waals surface area (Å²) in [4.78, 5) is 30.0. The van der Waals surface area contributed by atoms with Crippen LogP contribution in [0.3, 0.4) is 0 Å². The van der Waals surface area contributed by atoms with Gasteiger partial charge in [0, 0.05) is 42.7 Å². The minimum atomic E-state index is 0.0647. The third kappa shape index (κ3) is 3.96. The summed E-state index contributed by atoms with van der Waals surface area (Å²) in [6, 6.07) is 16.2. The molecule has 32 heavy (non-hydrogen) atoms. The van der Waals surface area contributed by atoms with Gasteiger partial charge in [-0.15, -0.1) is 11.3 Å². The molecule has 3 aromatic heterocycles. The molecule has 1 aromatic carbocycles. The molecule has 1 amide bonds. The van der Waals surface area contributed by atoms with E-state index in [1.54, 1.807) is 17.5 Å². The van der Waals surface area contributed by atoms with Crippen molar-refractivity contribution in [2.24, 2.45) is 5.92 Å². The Morgan fingerprint density at radius 3 is 2.59 bits per heavy atom. The van der Waals surface area contributed by atoms with Gasteiger partial charge < -0.3 is 10.2 Å². The number of fused-ring (bicyclic) bond motifs is 1. The van der Waals surface area contributed by atoms with Crippen LogP contribution in [0.1, 0.15) is 19.8 Å². The number of amides is 1. The number of hydrogen-bond acceptors (Lipinski definition) is 6. The molecule has 1 fully saturated rings. The Kier molecular flexibility index (Phi) is 5.81. The molecule has 0 aliphatic carbocycles. The fraction of sp³-hybridized carbons (Fsp3) is 0.280. The van der Waals surface area contributed by atoms with Crippen LogP contribution in [0, 0.1) is 5.92 Å². The smallest absolute Gasteiger partial charge is 0.223 e. The van der Waals surface area contributed by atoms with Crippen molar-refractivity contribution in [1.82, 2.24) is 20.3 Å². The molecule has 0 bridgehead atoms. The summed E-state index contributed by atoms with van der Waals surface area (Å²) in [5, 5.41) is 6.22. The van der Waals surface area contributed by atoms with Gasteiger partial charge in [-0.3, -0.25) is 9.78 Å². The molecule has 162 valence electrons. The molecule has 0 unspecified atom stereocenters. The van der Waals surface area contributed by atoms with Crippen molar-refractivity contribution in [3.8, 4) is 22.6 Å². The molecule has 0 spiro atoms. The van der Waals surface area contributed by atoms with Crippen LogP contribution in [0.25, 0.3) is 32.9 Å². The first kappa shape index (κ1) is 20.6. The Hall–Kier alpha value is -3.32. The molecule has 6 nitrogen and oxygen atoms in total. The van der Waals surface area contributed by atoms with E-state index in [4.69, 9.17) is 9.97 Å². The highest BCUT2D eigenvalue weighted by molar-refractivity contribution is 7.17. The summed E-state index contributed by atoms with van der Waals surface area (Å²) in [5.41, 5.74) is 3.08. The van der Waals surface area contributed by atoms with Crippen molar-refractivity contribution in [3.63, 3.8) is 0 Å². The van der Waals surface area contributed by atoms with Crippen LogP contribution in [0.5, 0.6) is 0 Å². The van der Waals surface area contributed by atoms with E-state index < -0.39 is 0 Å². The van der Waals surface area contributed by atoms with Gasteiger partial charge >= 0.3 is 0 Å². The van der Waals surface area contributed by atoms with Crippen LogP contribution in [-0.4, -0.2) is 40.5 Å². The lowest BCUT2D eigenvalue weighted by molar-refractivity contribution is -0.125. The number of carbonyl (C=O) groups is 1. The van der Waals surface area contributed by atoms with Crippen molar-refractivity contribution in [2.75, 3.05) is 24.5 Å². The molecule has 0 saturated carbocycles. The van der Waals surface area contributed by atoms with E-state index in [1.807, 2.05) is 31.2 Å². The van der Waals surface area contributed by atoms with Crippen LogP contribution in [0.4, 0.5) is 5.82 Å². The molecule has 1 aliphatic rings. The quantitative estimate of drug-likeness (QED) is 0.481. The first-order valence-electron chi connectivity index (χ1n) is 11.0. The molecule has 1 N–H and O–H groups in total. The lowest BCUT2D eigenvalue weighted by Crippen LogP contribution is -2.41. The Labute approximate surface area is 191 Å². The van der Waals surface area contributed by atoms with E-state index in [2.05, 4.69) is 44.8 Å². The first-order chi connectivity index (χ1) is 15.7. The molecule has 0 atom stereocenters. The maximum atomic E-state index is 12.3. The normalized spacial score (nSPS) is 14.6. The molecule has 4 heterocycles. The van der Waals surface area contributed by atoms with Gasteiger partial charge in [0.2, 0.25) is 5.91 Å². The molecule has 5 rings (SSSR count). The predicted octanol–water partition coefficient (Wildman–Crippen LogP) is 4.77. The van der Waals surface area contributed by atoms with Gasteiger partial charge in [-0.1, -0.05) is 36.4 Å². The highest BCUT2D eigenvalue weighted by Crippen LogP contribution is 2.40. The van der Waals surface area contributed by atoms with Crippen molar-refractivity contribution in [3.05, 3.63) is 60.1 Å². The van der Waals surface area contributed by atoms with E-state index in [0.29, 0.717) is 12.4 Å². The SMILES string of the molecule is CCNC(=O)C1CCN(c2nc(-c3ccccn3)nc3scc(-c4ccccc4)c23)CC1. The zero-order valence-corrected chi connectivity index (χ0v) is 18.8. The summed E-state index contributed by atoms with van der Waals surface area (Å²) < 4.78 is 0. The summed E-state index contributed by atoms with van der Waals surface area (Å²) in [6.45, 7) is 4.22. The van der Waals surface area contributed by atoms with Crippen molar-refractivity contribution >= 4 is 33.3 Å². The van der Waals surface area contributed by atoms with E-state index in [9.17, 15) is 4.79 Å². The molecule has 0 radical (unpaired) electrons. The van der Waals surface area contributed by atoms with E-state index in [1.165, 1.54) is 0 Å². The van der Waals surface area contributed by atoms with Gasteiger partial charge in [0.05, 0.1) is 5.39 Å².